The van der Waals surface area contributed by atoms with Crippen LogP contribution in [0.1, 0.15) is 82.9 Å². The first kappa shape index (κ1) is 29.1. The lowest BCUT2D eigenvalue weighted by Crippen LogP contribution is -2.31. The van der Waals surface area contributed by atoms with Gasteiger partial charge in [-0.2, -0.15) is 0 Å². The van der Waals surface area contributed by atoms with Crippen LogP contribution in [-0.2, 0) is 0 Å². The van der Waals surface area contributed by atoms with E-state index in [1.165, 1.54) is 36.4 Å². The van der Waals surface area contributed by atoms with Gasteiger partial charge in [0.1, 0.15) is 0 Å². The smallest absolute Gasteiger partial charge is 0.266 e. The quantitative estimate of drug-likeness (QED) is 0.214. The number of imide groups is 2. The largest absolute Gasteiger partial charge is 0.545 e. The Morgan fingerprint density at radius 1 is 0.391 bits per heavy atom. The number of hydrogen-bond acceptors (Lipinski definition) is 12. The van der Waals surface area contributed by atoms with E-state index in [0.29, 0.717) is 20.9 Å². The molecule has 0 saturated carbocycles. The van der Waals surface area contributed by atoms with E-state index < -0.39 is 69.8 Å². The molecule has 4 aromatic rings. The summed E-state index contributed by atoms with van der Waals surface area (Å²) in [6.45, 7) is 0. The molecule has 226 valence electrons. The average molecular weight is 616 g/mol. The van der Waals surface area contributed by atoms with Crippen molar-refractivity contribution < 1.29 is 58.8 Å². The molecule has 2 aliphatic rings. The molecule has 2 aliphatic heterocycles. The second kappa shape index (κ2) is 10.3. The molecule has 14 heteroatoms. The van der Waals surface area contributed by atoms with Crippen molar-refractivity contribution in [3.05, 3.63) is 117 Å². The fourth-order valence-electron chi connectivity index (χ4n) is 5.26. The molecular formula is C32H12N2O12-4. The summed E-state index contributed by atoms with van der Waals surface area (Å²) in [6.07, 6.45) is 0. The topological polar surface area (TPSA) is 235 Å². The number of rotatable bonds is 7. The number of aromatic carboxylic acids is 4. The van der Waals surface area contributed by atoms with Gasteiger partial charge in [0.2, 0.25) is 0 Å². The standard InChI is InChI=1S/C32H16N2O12/c35-25-21-3-1-13(11-23(21)27(37)33(25)19-7-15(29(39)40)5-16(8-19)30(41)42)14-2-4-22-24(12-14)28(38)34(26(22)36)20-9-17(31(43)44)6-18(10-20)32(45)46/h1-12H,(H,39,40)(H,41,42)(H,43,44)(H,45,46)/p-4. The lowest BCUT2D eigenvalue weighted by molar-refractivity contribution is -0.257. The monoisotopic (exact) mass is 616 g/mol. The van der Waals surface area contributed by atoms with Crippen molar-refractivity contribution in [2.24, 2.45) is 0 Å². The van der Waals surface area contributed by atoms with Gasteiger partial charge in [-0.15, -0.1) is 0 Å². The minimum atomic E-state index is -1.75. The van der Waals surface area contributed by atoms with E-state index in [-0.39, 0.29) is 33.6 Å². The Hall–Kier alpha value is -6.96. The van der Waals surface area contributed by atoms with Gasteiger partial charge < -0.3 is 39.6 Å². The Morgan fingerprint density at radius 3 is 0.957 bits per heavy atom. The van der Waals surface area contributed by atoms with Gasteiger partial charge in [-0.05, 0) is 94.0 Å². The maximum atomic E-state index is 13.4. The van der Waals surface area contributed by atoms with E-state index in [1.54, 1.807) is 0 Å². The third-order valence-electron chi connectivity index (χ3n) is 7.40. The van der Waals surface area contributed by atoms with Crippen LogP contribution in [0, 0.1) is 0 Å². The zero-order chi connectivity index (χ0) is 33.2. The van der Waals surface area contributed by atoms with Gasteiger partial charge in [-0.3, -0.25) is 19.2 Å². The summed E-state index contributed by atoms with van der Waals surface area (Å²) in [5, 5.41) is 45.7. The minimum absolute atomic E-state index is 0.0854. The van der Waals surface area contributed by atoms with E-state index in [0.717, 1.165) is 36.4 Å². The summed E-state index contributed by atoms with van der Waals surface area (Å²) in [5.41, 5.74) is -2.95. The number of fused-ring (bicyclic) bond motifs is 2. The number of anilines is 2. The molecule has 0 aromatic heterocycles. The fraction of sp³-hybridized carbons (Fsp3) is 0. The first-order chi connectivity index (χ1) is 21.8. The van der Waals surface area contributed by atoms with Crippen molar-refractivity contribution in [1.82, 2.24) is 0 Å². The molecule has 0 atom stereocenters. The number of carbonyl (C=O) groups is 8. The highest BCUT2D eigenvalue weighted by molar-refractivity contribution is 6.36. The molecular weight excluding hydrogens is 604 g/mol. The second-order valence-electron chi connectivity index (χ2n) is 10.1. The van der Waals surface area contributed by atoms with Gasteiger partial charge in [0.15, 0.2) is 0 Å². The maximum absolute atomic E-state index is 13.4. The molecule has 0 spiro atoms. The van der Waals surface area contributed by atoms with Gasteiger partial charge >= 0.3 is 0 Å². The number of nitrogens with zero attached hydrogens (tertiary/aromatic N) is 2. The van der Waals surface area contributed by atoms with Gasteiger partial charge in [0, 0.05) is 0 Å². The molecule has 14 nitrogen and oxygen atoms in total. The number of carboxylic acids is 4. The molecule has 0 unspecified atom stereocenters. The molecule has 46 heavy (non-hydrogen) atoms. The highest BCUT2D eigenvalue weighted by Crippen LogP contribution is 2.36. The Bertz CT molecular complexity index is 1950. The number of carboxylic acid groups (broad SMARTS) is 4. The Balaban J connectivity index is 1.36. The third kappa shape index (κ3) is 4.53. The Labute approximate surface area is 255 Å². The fourth-order valence-corrected chi connectivity index (χ4v) is 5.26. The highest BCUT2D eigenvalue weighted by atomic mass is 16.4. The molecule has 6 rings (SSSR count). The molecule has 0 saturated heterocycles. The van der Waals surface area contributed by atoms with E-state index in [9.17, 15) is 58.8 Å². The number of amides is 4. The number of benzene rings is 4. The van der Waals surface area contributed by atoms with Gasteiger partial charge in [0.25, 0.3) is 23.6 Å². The van der Waals surface area contributed by atoms with Crippen LogP contribution in [0.5, 0.6) is 0 Å². The molecule has 4 amide bonds. The number of hydrogen-bond donors (Lipinski definition) is 0. The Kier molecular flexibility index (Phi) is 6.55. The summed E-state index contributed by atoms with van der Waals surface area (Å²) in [7, 11) is 0. The van der Waals surface area contributed by atoms with Crippen LogP contribution in [0.15, 0.2) is 72.8 Å². The predicted molar refractivity (Wildman–Crippen MR) is 144 cm³/mol. The average Bonchev–Trinajstić information content (AvgIpc) is 3.43. The van der Waals surface area contributed by atoms with E-state index in [4.69, 9.17) is 0 Å². The summed E-state index contributed by atoms with van der Waals surface area (Å²) >= 11 is 0. The normalized spacial score (nSPS) is 13.6. The van der Waals surface area contributed by atoms with E-state index in [2.05, 4.69) is 0 Å². The van der Waals surface area contributed by atoms with E-state index >= 15 is 0 Å². The van der Waals surface area contributed by atoms with Gasteiger partial charge in [-0.1, -0.05) is 12.1 Å². The molecule has 0 fully saturated rings. The molecule has 0 bridgehead atoms. The zero-order valence-electron chi connectivity index (χ0n) is 22.7. The van der Waals surface area contributed by atoms with Crippen LogP contribution in [-0.4, -0.2) is 47.5 Å². The minimum Gasteiger partial charge on any atom is -0.545 e. The molecule has 2 heterocycles. The zero-order valence-corrected chi connectivity index (χ0v) is 22.7. The second-order valence-corrected chi connectivity index (χ2v) is 10.1. The van der Waals surface area contributed by atoms with Crippen LogP contribution >= 0.6 is 0 Å². The first-order valence-electron chi connectivity index (χ1n) is 13.0. The van der Waals surface area contributed by atoms with Crippen LogP contribution in [0.25, 0.3) is 11.1 Å². The van der Waals surface area contributed by atoms with Crippen molar-refractivity contribution in [2.75, 3.05) is 9.80 Å². The summed E-state index contributed by atoms with van der Waals surface area (Å²) < 4.78 is 0. The summed E-state index contributed by atoms with van der Waals surface area (Å²) in [5.74, 6) is -10.6. The molecule has 4 aromatic carbocycles. The molecule has 0 aliphatic carbocycles. The van der Waals surface area contributed by atoms with Crippen molar-refractivity contribution in [2.45, 2.75) is 0 Å². The first-order valence-corrected chi connectivity index (χ1v) is 13.0. The molecule has 0 radical (unpaired) electrons. The van der Waals surface area contributed by atoms with E-state index in [1.807, 2.05) is 0 Å². The lowest BCUT2D eigenvalue weighted by Gasteiger charge is -2.17. The van der Waals surface area contributed by atoms with Crippen LogP contribution in [0.4, 0.5) is 11.4 Å². The van der Waals surface area contributed by atoms with Gasteiger partial charge in [0.05, 0.1) is 57.5 Å². The lowest BCUT2D eigenvalue weighted by atomic mass is 9.97. The Morgan fingerprint density at radius 2 is 0.674 bits per heavy atom. The van der Waals surface area contributed by atoms with Crippen LogP contribution in [0.3, 0.4) is 0 Å². The third-order valence-corrected chi connectivity index (χ3v) is 7.40. The maximum Gasteiger partial charge on any atom is 0.266 e. The summed E-state index contributed by atoms with van der Waals surface area (Å²) in [6, 6.07) is 13.2. The van der Waals surface area contributed by atoms with Gasteiger partial charge in [-0.25, -0.2) is 9.80 Å². The highest BCUT2D eigenvalue weighted by Gasteiger charge is 2.39. The van der Waals surface area contributed by atoms with Crippen LogP contribution < -0.4 is 30.2 Å². The van der Waals surface area contributed by atoms with Crippen molar-refractivity contribution in [3.63, 3.8) is 0 Å². The van der Waals surface area contributed by atoms with Crippen molar-refractivity contribution in [1.29, 1.82) is 0 Å². The van der Waals surface area contributed by atoms with Crippen molar-refractivity contribution >= 4 is 58.9 Å². The SMILES string of the molecule is O=C([O-])c1cc(C(=O)[O-])cc(N2C(=O)c3ccc(-c4ccc5c(c4)C(=O)N(c4cc(C(=O)[O-])cc(C(=O)[O-])c4)C5=O)cc3C2=O)c1. The van der Waals surface area contributed by atoms with Crippen molar-refractivity contribution in [3.8, 4) is 11.1 Å². The molecule has 0 N–H and O–H groups in total. The summed E-state index contributed by atoms with van der Waals surface area (Å²) in [4.78, 5) is 99.9. The predicted octanol–water partition coefficient (Wildman–Crippen LogP) is -1.59. The number of carbonyl (C=O) groups excluding carboxylic acids is 8. The van der Waals surface area contributed by atoms with Crippen LogP contribution in [0.2, 0.25) is 0 Å².